The number of amides is 2. The van der Waals surface area contributed by atoms with Gasteiger partial charge in [-0.15, -0.1) is 0 Å². The minimum atomic E-state index is -0.544. The van der Waals surface area contributed by atoms with E-state index in [4.69, 9.17) is 4.74 Å². The summed E-state index contributed by atoms with van der Waals surface area (Å²) in [6.07, 6.45) is -0.0221. The van der Waals surface area contributed by atoms with E-state index in [9.17, 15) is 14.4 Å². The van der Waals surface area contributed by atoms with E-state index in [-0.39, 0.29) is 36.7 Å². The number of carbonyl (C=O) groups excluding carboxylic acids is 3. The molecule has 0 aliphatic rings. The second-order valence-electron chi connectivity index (χ2n) is 8.27. The molecule has 0 bridgehead atoms. The van der Waals surface area contributed by atoms with Gasteiger partial charge in [-0.05, 0) is 42.0 Å². The number of nitrogens with one attached hydrogen (secondary N) is 2. The molecule has 2 rings (SSSR count). The van der Waals surface area contributed by atoms with E-state index in [2.05, 4.69) is 38.3 Å². The van der Waals surface area contributed by atoms with E-state index in [1.165, 1.54) is 0 Å². The van der Waals surface area contributed by atoms with Gasteiger partial charge in [0.1, 0.15) is 0 Å². The molecule has 0 aromatic heterocycles. The third-order valence-electron chi connectivity index (χ3n) is 4.89. The first-order valence-corrected chi connectivity index (χ1v) is 10.6. The first kappa shape index (κ1) is 24.1. The van der Waals surface area contributed by atoms with Gasteiger partial charge < -0.3 is 15.4 Å². The van der Waals surface area contributed by atoms with E-state index in [0.717, 1.165) is 16.8 Å². The van der Waals surface area contributed by atoms with Crippen LogP contribution in [0.1, 0.15) is 74.4 Å². The number of hydrogen-bond acceptors (Lipinski definition) is 4. The number of ether oxygens (including phenoxy) is 1. The van der Waals surface area contributed by atoms with Crippen molar-refractivity contribution < 1.29 is 19.1 Å². The molecule has 6 heteroatoms. The molecule has 0 spiro atoms. The third-order valence-corrected chi connectivity index (χ3v) is 4.89. The van der Waals surface area contributed by atoms with E-state index in [0.29, 0.717) is 5.56 Å². The van der Waals surface area contributed by atoms with Gasteiger partial charge in [-0.25, -0.2) is 0 Å². The minimum Gasteiger partial charge on any atom is -0.455 e. The summed E-state index contributed by atoms with van der Waals surface area (Å²) < 4.78 is 5.13. The summed E-state index contributed by atoms with van der Waals surface area (Å²) in [6, 6.07) is 14.3. The van der Waals surface area contributed by atoms with Crippen LogP contribution in [0.5, 0.6) is 0 Å². The summed E-state index contributed by atoms with van der Waals surface area (Å²) >= 11 is 0. The number of anilines is 1. The molecule has 0 fully saturated rings. The molecule has 166 valence electrons. The molecule has 0 radical (unpaired) electrons. The quantitative estimate of drug-likeness (QED) is 0.575. The number of para-hydroxylation sites is 1. The van der Waals surface area contributed by atoms with Crippen molar-refractivity contribution in [1.82, 2.24) is 5.32 Å². The molecule has 2 amide bonds. The lowest BCUT2D eigenvalue weighted by atomic mass is 9.92. The highest BCUT2D eigenvalue weighted by atomic mass is 16.5. The fraction of sp³-hybridized carbons (Fsp3) is 0.400. The summed E-state index contributed by atoms with van der Waals surface area (Å²) in [7, 11) is 0. The van der Waals surface area contributed by atoms with Gasteiger partial charge in [0.15, 0.2) is 6.61 Å². The van der Waals surface area contributed by atoms with Crippen molar-refractivity contribution in [3.8, 4) is 0 Å². The van der Waals surface area contributed by atoms with Crippen LogP contribution in [0.25, 0.3) is 0 Å². The van der Waals surface area contributed by atoms with Gasteiger partial charge in [0.25, 0.3) is 11.8 Å². The monoisotopic (exact) mass is 424 g/mol. The second-order valence-corrected chi connectivity index (χ2v) is 8.27. The van der Waals surface area contributed by atoms with Crippen LogP contribution in [-0.2, 0) is 14.3 Å². The topological polar surface area (TPSA) is 84.5 Å². The van der Waals surface area contributed by atoms with Crippen LogP contribution < -0.4 is 10.6 Å². The van der Waals surface area contributed by atoms with Crippen LogP contribution in [0.2, 0.25) is 0 Å². The Morgan fingerprint density at radius 1 is 0.839 bits per heavy atom. The van der Waals surface area contributed by atoms with Crippen molar-refractivity contribution in [3.05, 3.63) is 65.2 Å². The predicted molar refractivity (Wildman–Crippen MR) is 122 cm³/mol. The Hall–Kier alpha value is -3.15. The number of carbonyl (C=O) groups is 3. The normalized spacial score (nSPS) is 11.8. The summed E-state index contributed by atoms with van der Waals surface area (Å²) in [5.41, 5.74) is 3.40. The molecule has 0 heterocycles. The Morgan fingerprint density at radius 2 is 1.42 bits per heavy atom. The molecule has 1 atom stereocenters. The molecule has 6 nitrogen and oxygen atoms in total. The standard InChI is InChI=1S/C25H32N2O4/c1-16(2)20-12-9-13-21(17(3)4)24(20)27-22(28)15-31-23(29)14-18(5)26-25(30)19-10-7-6-8-11-19/h6-13,16-18H,14-15H2,1-5H3,(H,26,30)(H,27,28). The van der Waals surface area contributed by atoms with Crippen molar-refractivity contribution >= 4 is 23.5 Å². The summed E-state index contributed by atoms with van der Waals surface area (Å²) in [4.78, 5) is 36.7. The van der Waals surface area contributed by atoms with Crippen LogP contribution in [-0.4, -0.2) is 30.4 Å². The van der Waals surface area contributed by atoms with Crippen LogP contribution >= 0.6 is 0 Å². The first-order valence-electron chi connectivity index (χ1n) is 10.6. The lowest BCUT2D eigenvalue weighted by molar-refractivity contribution is -0.147. The Kier molecular flexibility index (Phi) is 8.79. The van der Waals surface area contributed by atoms with Crippen molar-refractivity contribution in [3.63, 3.8) is 0 Å². The van der Waals surface area contributed by atoms with Gasteiger partial charge in [-0.1, -0.05) is 64.1 Å². The van der Waals surface area contributed by atoms with E-state index >= 15 is 0 Å². The fourth-order valence-corrected chi connectivity index (χ4v) is 3.27. The molecule has 31 heavy (non-hydrogen) atoms. The molecule has 0 saturated heterocycles. The SMILES string of the molecule is CC(CC(=O)OCC(=O)Nc1c(C(C)C)cccc1C(C)C)NC(=O)c1ccccc1. The largest absolute Gasteiger partial charge is 0.455 e. The van der Waals surface area contributed by atoms with E-state index in [1.807, 2.05) is 24.3 Å². The zero-order valence-electron chi connectivity index (χ0n) is 18.9. The summed E-state index contributed by atoms with van der Waals surface area (Å²) in [5, 5.41) is 5.67. The minimum absolute atomic E-state index is 0.0221. The zero-order chi connectivity index (χ0) is 23.0. The number of benzene rings is 2. The molecular formula is C25H32N2O4. The first-order chi connectivity index (χ1) is 14.7. The highest BCUT2D eigenvalue weighted by Crippen LogP contribution is 2.32. The van der Waals surface area contributed by atoms with Gasteiger partial charge in [0.05, 0.1) is 6.42 Å². The van der Waals surface area contributed by atoms with Gasteiger partial charge in [-0.3, -0.25) is 14.4 Å². The molecule has 2 aromatic rings. The molecule has 0 aliphatic heterocycles. The Bertz CT molecular complexity index is 881. The maximum Gasteiger partial charge on any atom is 0.308 e. The van der Waals surface area contributed by atoms with Crippen LogP contribution in [0.4, 0.5) is 5.69 Å². The highest BCUT2D eigenvalue weighted by Gasteiger charge is 2.18. The molecular weight excluding hydrogens is 392 g/mol. The van der Waals surface area contributed by atoms with E-state index in [1.54, 1.807) is 31.2 Å². The zero-order valence-corrected chi connectivity index (χ0v) is 18.9. The van der Waals surface area contributed by atoms with Gasteiger partial charge in [-0.2, -0.15) is 0 Å². The van der Waals surface area contributed by atoms with Gasteiger partial charge >= 0.3 is 5.97 Å². The average molecular weight is 425 g/mol. The molecule has 2 aromatic carbocycles. The van der Waals surface area contributed by atoms with Gasteiger partial charge in [0, 0.05) is 17.3 Å². The van der Waals surface area contributed by atoms with Crippen molar-refractivity contribution in [1.29, 1.82) is 0 Å². The van der Waals surface area contributed by atoms with Crippen LogP contribution in [0.15, 0.2) is 48.5 Å². The molecule has 2 N–H and O–H groups in total. The smallest absolute Gasteiger partial charge is 0.308 e. The molecule has 1 unspecified atom stereocenters. The third kappa shape index (κ3) is 7.24. The van der Waals surface area contributed by atoms with E-state index < -0.39 is 12.0 Å². The second kappa shape index (κ2) is 11.3. The van der Waals surface area contributed by atoms with Gasteiger partial charge in [0.2, 0.25) is 0 Å². The maximum atomic E-state index is 12.5. The Labute approximate surface area is 184 Å². The number of hydrogen-bond donors (Lipinski definition) is 2. The highest BCUT2D eigenvalue weighted by molar-refractivity contribution is 5.95. The lowest BCUT2D eigenvalue weighted by Gasteiger charge is -2.20. The van der Waals surface area contributed by atoms with Crippen LogP contribution in [0.3, 0.4) is 0 Å². The average Bonchev–Trinajstić information content (AvgIpc) is 2.72. The molecule has 0 saturated carbocycles. The Morgan fingerprint density at radius 3 is 1.97 bits per heavy atom. The number of rotatable bonds is 9. The van der Waals surface area contributed by atoms with Crippen molar-refractivity contribution in [2.24, 2.45) is 0 Å². The van der Waals surface area contributed by atoms with Crippen molar-refractivity contribution in [2.75, 3.05) is 11.9 Å². The fourth-order valence-electron chi connectivity index (χ4n) is 3.27. The summed E-state index contributed by atoms with van der Waals surface area (Å²) in [6.45, 7) is 9.62. The van der Waals surface area contributed by atoms with Crippen molar-refractivity contribution in [2.45, 2.75) is 58.9 Å². The summed E-state index contributed by atoms with van der Waals surface area (Å²) in [5.74, 6) is -0.706. The maximum absolute atomic E-state index is 12.5. The predicted octanol–water partition coefficient (Wildman–Crippen LogP) is 4.62. The van der Waals surface area contributed by atoms with Crippen LogP contribution in [0, 0.1) is 0 Å². The Balaban J connectivity index is 1.89. The lowest BCUT2D eigenvalue weighted by Crippen LogP contribution is -2.35. The molecule has 0 aliphatic carbocycles. The number of esters is 1.